The Bertz CT molecular complexity index is 80.6. The quantitative estimate of drug-likeness (QED) is 0.307. The Morgan fingerprint density at radius 2 is 2.62 bits per heavy atom. The molecule has 0 amide bonds. The summed E-state index contributed by atoms with van der Waals surface area (Å²) in [6.07, 6.45) is 0.972. The standard InChI is InChI=1S/C3H9NO.CHNO/c1-3-5-4-2;2-1-3/h4H,3H2,1-2H3;2H/i/hD. The minimum atomic E-state index is 0.733. The average Bonchev–Trinajstić information content (AvgIpc) is 1.91. The van der Waals surface area contributed by atoms with Crippen LogP contribution in [-0.2, 0) is 9.63 Å². The van der Waals surface area contributed by atoms with Crippen LogP contribution in [0.1, 0.15) is 6.92 Å². The van der Waals surface area contributed by atoms with Crippen molar-refractivity contribution in [3.05, 3.63) is 0 Å². The molecule has 0 fully saturated rings. The molecule has 0 heterocycles. The fourth-order valence-corrected chi connectivity index (χ4v) is 0.144. The second-order valence-electron chi connectivity index (χ2n) is 0.728. The maximum atomic E-state index is 8.69. The van der Waals surface area contributed by atoms with Crippen molar-refractivity contribution in [1.82, 2.24) is 5.48 Å². The molecule has 0 aliphatic carbocycles. The molecule has 0 aromatic carbocycles. The lowest BCUT2D eigenvalue weighted by Gasteiger charge is -1.88. The summed E-state index contributed by atoms with van der Waals surface area (Å²) in [4.78, 5) is 13.3. The van der Waals surface area contributed by atoms with Gasteiger partial charge in [-0.2, -0.15) is 0 Å². The van der Waals surface area contributed by atoms with Crippen LogP contribution in [0.15, 0.2) is 0 Å². The van der Waals surface area contributed by atoms with Crippen LogP contribution in [0.3, 0.4) is 0 Å². The molecule has 0 aliphatic rings. The molecular formula is C4H10N2O2. The average molecular weight is 119 g/mol. The summed E-state index contributed by atoms with van der Waals surface area (Å²) < 4.78 is 5.65. The van der Waals surface area contributed by atoms with Gasteiger partial charge in [0.25, 0.3) is 0 Å². The number of rotatable bonds is 2. The van der Waals surface area contributed by atoms with Crippen LogP contribution in [0.5, 0.6) is 0 Å². The SMILES string of the molecule is CCONC.[2H]N=C=O. The van der Waals surface area contributed by atoms with Gasteiger partial charge < -0.3 is 4.84 Å². The van der Waals surface area contributed by atoms with E-state index in [0.29, 0.717) is 0 Å². The lowest BCUT2D eigenvalue weighted by molar-refractivity contribution is 0.0687. The van der Waals surface area contributed by atoms with E-state index in [4.69, 9.17) is 6.21 Å². The van der Waals surface area contributed by atoms with Gasteiger partial charge in [-0.25, -0.2) is 15.7 Å². The molecule has 8 heavy (non-hydrogen) atoms. The Balaban J connectivity index is 0. The van der Waals surface area contributed by atoms with E-state index < -0.39 is 0 Å². The fourth-order valence-electron chi connectivity index (χ4n) is 0.144. The molecule has 0 rings (SSSR count). The van der Waals surface area contributed by atoms with Crippen LogP contribution in [0.2, 0.25) is 1.41 Å². The number of carbonyl (C=O) groups excluding carboxylic acids is 1. The zero-order chi connectivity index (χ0) is 7.54. The Morgan fingerprint density at radius 3 is 2.62 bits per heavy atom. The third-order valence-corrected chi connectivity index (χ3v) is 0.289. The second kappa shape index (κ2) is 16.3. The predicted octanol–water partition coefficient (Wildman–Crippen LogP) is 0.0583. The van der Waals surface area contributed by atoms with Gasteiger partial charge in [-0.15, -0.1) is 0 Å². The number of hydroxylamine groups is 1. The van der Waals surface area contributed by atoms with Gasteiger partial charge in [0.2, 0.25) is 7.49 Å². The molecular weight excluding hydrogens is 108 g/mol. The van der Waals surface area contributed by atoms with Crippen LogP contribution in [-0.4, -0.2) is 19.7 Å². The van der Waals surface area contributed by atoms with Crippen LogP contribution >= 0.6 is 0 Å². The van der Waals surface area contributed by atoms with Gasteiger partial charge in [0.15, 0.2) is 0 Å². The van der Waals surface area contributed by atoms with E-state index in [0.717, 1.165) is 12.7 Å². The fraction of sp³-hybridized carbons (Fsp3) is 0.750. The summed E-state index contributed by atoms with van der Waals surface area (Å²) in [7, 11) is 1.74. The largest absolute Gasteiger partial charge is 0.302 e. The molecule has 4 nitrogen and oxygen atoms in total. The Kier molecular flexibility index (Phi) is 14.8. The molecule has 0 saturated carbocycles. The summed E-state index contributed by atoms with van der Waals surface area (Å²) in [6, 6.07) is 0. The first kappa shape index (κ1) is 7.30. The first-order valence-electron chi connectivity index (χ1n) is 2.57. The molecule has 2 N–H and O–H groups in total. The van der Waals surface area contributed by atoms with Crippen LogP contribution in [0.4, 0.5) is 0 Å². The molecule has 0 bridgehead atoms. The third kappa shape index (κ3) is 58.0. The van der Waals surface area contributed by atoms with Gasteiger partial charge in [-0.3, -0.25) is 0 Å². The van der Waals surface area contributed by atoms with Crippen LogP contribution in [0.25, 0.3) is 0 Å². The van der Waals surface area contributed by atoms with Gasteiger partial charge in [-0.1, -0.05) is 0 Å². The number of nitrogens with one attached hydrogen (secondary N) is 2. The molecule has 0 aliphatic heterocycles. The van der Waals surface area contributed by atoms with E-state index >= 15 is 0 Å². The first-order chi connectivity index (χ1) is 4.33. The summed E-state index contributed by atoms with van der Waals surface area (Å²) in [5.74, 6) is 0. The smallest absolute Gasteiger partial charge is 0.231 e. The molecule has 0 aromatic rings. The Labute approximate surface area is 49.8 Å². The molecule has 0 atom stereocenters. The lowest BCUT2D eigenvalue weighted by atomic mass is 10.9. The Morgan fingerprint density at radius 1 is 2.12 bits per heavy atom. The predicted molar refractivity (Wildman–Crippen MR) is 29.1 cm³/mol. The van der Waals surface area contributed by atoms with Crippen LogP contribution < -0.4 is 5.48 Å². The molecule has 0 saturated heterocycles. The maximum Gasteiger partial charge on any atom is 0.231 e. The van der Waals surface area contributed by atoms with E-state index in [1.54, 1.807) is 7.05 Å². The zero-order valence-electron chi connectivity index (χ0n) is 5.97. The van der Waals surface area contributed by atoms with Gasteiger partial charge in [0, 0.05) is 7.05 Å². The van der Waals surface area contributed by atoms with Crippen molar-refractivity contribution in [2.24, 2.45) is 0 Å². The third-order valence-electron chi connectivity index (χ3n) is 0.289. The summed E-state index contributed by atoms with van der Waals surface area (Å²) in [5.41, 5.74) is 2.52. The summed E-state index contributed by atoms with van der Waals surface area (Å²) >= 11 is 0. The minimum absolute atomic E-state index is 0.733. The first-order valence-corrected chi connectivity index (χ1v) is 2.13. The molecule has 0 aromatic heterocycles. The van der Waals surface area contributed by atoms with Crippen molar-refractivity contribution in [1.29, 1.82) is 5.40 Å². The topological polar surface area (TPSA) is 62.2 Å². The van der Waals surface area contributed by atoms with E-state index in [1.165, 1.54) is 0 Å². The molecule has 0 spiro atoms. The number of hydrogen-bond donors (Lipinski definition) is 2. The van der Waals surface area contributed by atoms with Crippen LogP contribution in [0, 0.1) is 5.40 Å². The van der Waals surface area contributed by atoms with E-state index in [9.17, 15) is 0 Å². The van der Waals surface area contributed by atoms with E-state index in [1.807, 2.05) is 6.92 Å². The molecule has 48 valence electrons. The van der Waals surface area contributed by atoms with Crippen molar-refractivity contribution in [3.63, 3.8) is 0 Å². The van der Waals surface area contributed by atoms with Crippen molar-refractivity contribution < 1.29 is 11.0 Å². The maximum absolute atomic E-state index is 8.69. The molecule has 0 unspecified atom stereocenters. The summed E-state index contributed by atoms with van der Waals surface area (Å²) in [6.45, 7) is 2.66. The normalized spacial score (nSPS) is 7.50. The number of hydrogen-bond acceptors (Lipinski definition) is 4. The summed E-state index contributed by atoms with van der Waals surface area (Å²) in [5, 5.41) is 2.18. The van der Waals surface area contributed by atoms with Gasteiger partial charge in [0.1, 0.15) is 0 Å². The minimum Gasteiger partial charge on any atom is -0.302 e. The van der Waals surface area contributed by atoms with E-state index in [-0.39, 0.29) is 0 Å². The molecule has 0 radical (unpaired) electrons. The van der Waals surface area contributed by atoms with Gasteiger partial charge >= 0.3 is 0 Å². The second-order valence-corrected chi connectivity index (χ2v) is 0.728. The van der Waals surface area contributed by atoms with E-state index in [2.05, 4.69) is 15.7 Å². The van der Waals surface area contributed by atoms with Crippen molar-refractivity contribution in [2.75, 3.05) is 13.7 Å². The van der Waals surface area contributed by atoms with Crippen molar-refractivity contribution in [2.45, 2.75) is 6.92 Å². The van der Waals surface area contributed by atoms with Gasteiger partial charge in [-0.05, 0) is 6.92 Å². The zero-order valence-corrected chi connectivity index (χ0v) is 4.97. The van der Waals surface area contributed by atoms with Crippen molar-refractivity contribution in [3.8, 4) is 0 Å². The highest BCUT2D eigenvalue weighted by Crippen LogP contribution is 1.53. The molecule has 4 heteroatoms. The highest BCUT2D eigenvalue weighted by molar-refractivity contribution is 5.26. The number of isocyanates is 1. The highest BCUT2D eigenvalue weighted by atomic mass is 16.6. The highest BCUT2D eigenvalue weighted by Gasteiger charge is 1.61. The Hall–Kier alpha value is -0.700. The van der Waals surface area contributed by atoms with Gasteiger partial charge in [0.05, 0.1) is 6.61 Å². The lowest BCUT2D eigenvalue weighted by Crippen LogP contribution is -2.05. The monoisotopic (exact) mass is 119 g/mol. The van der Waals surface area contributed by atoms with Crippen molar-refractivity contribution >= 4 is 6.08 Å².